The van der Waals surface area contributed by atoms with Crippen LogP contribution in [-0.4, -0.2) is 18.6 Å². The van der Waals surface area contributed by atoms with Crippen molar-refractivity contribution in [3.05, 3.63) is 58.9 Å². The van der Waals surface area contributed by atoms with Gasteiger partial charge in [0, 0.05) is 23.9 Å². The molecule has 0 unspecified atom stereocenters. The van der Waals surface area contributed by atoms with Crippen LogP contribution in [-0.2, 0) is 13.0 Å². The van der Waals surface area contributed by atoms with Crippen molar-refractivity contribution >= 4 is 0 Å². The molecule has 3 nitrogen and oxygen atoms in total. The number of pyridine rings is 1. The van der Waals surface area contributed by atoms with E-state index < -0.39 is 0 Å². The van der Waals surface area contributed by atoms with Crippen molar-refractivity contribution in [2.75, 3.05) is 13.7 Å². The second-order valence-corrected chi connectivity index (χ2v) is 5.31. The highest BCUT2D eigenvalue weighted by atomic mass is 16.5. The second-order valence-electron chi connectivity index (χ2n) is 5.31. The maximum atomic E-state index is 5.43. The van der Waals surface area contributed by atoms with Crippen LogP contribution in [0.15, 0.2) is 36.5 Å². The second kappa shape index (κ2) is 7.79. The predicted molar refractivity (Wildman–Crippen MR) is 86.7 cm³/mol. The van der Waals surface area contributed by atoms with Crippen molar-refractivity contribution in [2.45, 2.75) is 33.2 Å². The van der Waals surface area contributed by atoms with Gasteiger partial charge in [0.25, 0.3) is 0 Å². The van der Waals surface area contributed by atoms with Gasteiger partial charge >= 0.3 is 0 Å². The molecule has 1 N–H and O–H groups in total. The number of methoxy groups -OCH3 is 1. The molecule has 112 valence electrons. The Hall–Kier alpha value is -1.87. The molecule has 2 rings (SSSR count). The summed E-state index contributed by atoms with van der Waals surface area (Å²) >= 11 is 0. The number of nitrogens with zero attached hydrogens (tertiary/aromatic N) is 1. The number of ether oxygens (including phenoxy) is 1. The molecule has 21 heavy (non-hydrogen) atoms. The number of aromatic nitrogens is 1. The average Bonchev–Trinajstić information content (AvgIpc) is 2.50. The largest absolute Gasteiger partial charge is 0.496 e. The van der Waals surface area contributed by atoms with Gasteiger partial charge in [0.05, 0.1) is 12.8 Å². The number of benzene rings is 1. The Labute approximate surface area is 127 Å². The molecule has 0 fully saturated rings. The molecular weight excluding hydrogens is 260 g/mol. The third-order valence-electron chi connectivity index (χ3n) is 3.70. The molecule has 1 aromatic carbocycles. The molecule has 0 saturated carbocycles. The summed E-state index contributed by atoms with van der Waals surface area (Å²) in [6, 6.07) is 10.6. The van der Waals surface area contributed by atoms with Crippen molar-refractivity contribution in [1.82, 2.24) is 10.3 Å². The molecule has 0 amide bonds. The van der Waals surface area contributed by atoms with Crippen LogP contribution in [0.25, 0.3) is 0 Å². The van der Waals surface area contributed by atoms with Crippen molar-refractivity contribution < 1.29 is 4.74 Å². The fourth-order valence-corrected chi connectivity index (χ4v) is 2.52. The SMILES string of the molecule is COc1c(C)cnc(CNCCCc2ccccc2)c1C. The van der Waals surface area contributed by atoms with Gasteiger partial charge < -0.3 is 10.1 Å². The molecule has 0 aliphatic carbocycles. The highest BCUT2D eigenvalue weighted by molar-refractivity contribution is 5.40. The third kappa shape index (κ3) is 4.30. The van der Waals surface area contributed by atoms with E-state index in [1.807, 2.05) is 13.1 Å². The maximum Gasteiger partial charge on any atom is 0.128 e. The smallest absolute Gasteiger partial charge is 0.128 e. The molecule has 3 heteroatoms. The van der Waals surface area contributed by atoms with E-state index in [0.717, 1.165) is 48.5 Å². The van der Waals surface area contributed by atoms with Crippen molar-refractivity contribution in [3.8, 4) is 5.75 Å². The summed E-state index contributed by atoms with van der Waals surface area (Å²) in [5.41, 5.74) is 4.68. The molecule has 0 bridgehead atoms. The van der Waals surface area contributed by atoms with Crippen LogP contribution < -0.4 is 10.1 Å². The summed E-state index contributed by atoms with van der Waals surface area (Å²) in [4.78, 5) is 4.50. The first-order valence-corrected chi connectivity index (χ1v) is 7.46. The lowest BCUT2D eigenvalue weighted by Gasteiger charge is -2.12. The van der Waals surface area contributed by atoms with Gasteiger partial charge in [0.1, 0.15) is 5.75 Å². The Morgan fingerprint density at radius 2 is 1.90 bits per heavy atom. The number of aryl methyl sites for hydroxylation is 2. The monoisotopic (exact) mass is 284 g/mol. The van der Waals surface area contributed by atoms with Crippen molar-refractivity contribution in [2.24, 2.45) is 0 Å². The lowest BCUT2D eigenvalue weighted by molar-refractivity contribution is 0.406. The first-order valence-electron chi connectivity index (χ1n) is 7.46. The Morgan fingerprint density at radius 1 is 1.14 bits per heavy atom. The summed E-state index contributed by atoms with van der Waals surface area (Å²) in [7, 11) is 1.71. The predicted octanol–water partition coefficient (Wildman–Crippen LogP) is 3.43. The molecule has 2 aromatic rings. The molecule has 0 saturated heterocycles. The minimum atomic E-state index is 0.789. The molecule has 0 atom stereocenters. The lowest BCUT2D eigenvalue weighted by atomic mass is 10.1. The van der Waals surface area contributed by atoms with Gasteiger partial charge in [-0.3, -0.25) is 4.98 Å². The fourth-order valence-electron chi connectivity index (χ4n) is 2.52. The van der Waals surface area contributed by atoms with E-state index >= 15 is 0 Å². The Morgan fingerprint density at radius 3 is 2.62 bits per heavy atom. The van der Waals surface area contributed by atoms with Crippen LogP contribution in [0.4, 0.5) is 0 Å². The fraction of sp³-hybridized carbons (Fsp3) is 0.389. The number of hydrogen-bond acceptors (Lipinski definition) is 3. The van der Waals surface area contributed by atoms with Crippen LogP contribution >= 0.6 is 0 Å². The van der Waals surface area contributed by atoms with Gasteiger partial charge in [0.2, 0.25) is 0 Å². The number of nitrogens with one attached hydrogen (secondary N) is 1. The number of hydrogen-bond donors (Lipinski definition) is 1. The third-order valence-corrected chi connectivity index (χ3v) is 3.70. The first-order chi connectivity index (χ1) is 10.2. The van der Waals surface area contributed by atoms with Crippen molar-refractivity contribution in [3.63, 3.8) is 0 Å². The van der Waals surface area contributed by atoms with Crippen LogP contribution in [0.2, 0.25) is 0 Å². The van der Waals surface area contributed by atoms with Crippen LogP contribution in [0, 0.1) is 13.8 Å². The van der Waals surface area contributed by atoms with Gasteiger partial charge in [-0.2, -0.15) is 0 Å². The molecule has 1 heterocycles. The average molecular weight is 284 g/mol. The zero-order valence-corrected chi connectivity index (χ0v) is 13.1. The lowest BCUT2D eigenvalue weighted by Crippen LogP contribution is -2.17. The standard InChI is InChI=1S/C18H24N2O/c1-14-12-20-17(15(2)18(14)21-3)13-19-11-7-10-16-8-5-4-6-9-16/h4-6,8-9,12,19H,7,10-11,13H2,1-3H3. The zero-order chi connectivity index (χ0) is 15.1. The minimum Gasteiger partial charge on any atom is -0.496 e. The van der Waals surface area contributed by atoms with Crippen LogP contribution in [0.3, 0.4) is 0 Å². The van der Waals surface area contributed by atoms with Crippen molar-refractivity contribution in [1.29, 1.82) is 0 Å². The van der Waals surface area contributed by atoms with E-state index in [0.29, 0.717) is 0 Å². The van der Waals surface area contributed by atoms with Crippen LogP contribution in [0.1, 0.15) is 28.8 Å². The Balaban J connectivity index is 1.79. The molecule has 0 radical (unpaired) electrons. The van der Waals surface area contributed by atoms with Gasteiger partial charge in [-0.1, -0.05) is 30.3 Å². The minimum absolute atomic E-state index is 0.789. The quantitative estimate of drug-likeness (QED) is 0.791. The summed E-state index contributed by atoms with van der Waals surface area (Å²) < 4.78 is 5.43. The van der Waals surface area contributed by atoms with E-state index in [4.69, 9.17) is 4.74 Å². The normalized spacial score (nSPS) is 10.6. The van der Waals surface area contributed by atoms with E-state index in [-0.39, 0.29) is 0 Å². The van der Waals surface area contributed by atoms with Gasteiger partial charge in [0.15, 0.2) is 0 Å². The van der Waals surface area contributed by atoms with Crippen LogP contribution in [0.5, 0.6) is 5.75 Å². The maximum absolute atomic E-state index is 5.43. The summed E-state index contributed by atoms with van der Waals surface area (Å²) in [5, 5.41) is 3.47. The van der Waals surface area contributed by atoms with Gasteiger partial charge in [-0.05, 0) is 38.8 Å². The summed E-state index contributed by atoms with van der Waals surface area (Å²) in [6.07, 6.45) is 4.12. The van der Waals surface area contributed by atoms with E-state index in [9.17, 15) is 0 Å². The molecule has 0 aliphatic rings. The first kappa shape index (κ1) is 15.5. The Kier molecular flexibility index (Phi) is 5.76. The van der Waals surface area contributed by atoms with E-state index in [1.54, 1.807) is 7.11 Å². The molecule has 1 aromatic heterocycles. The topological polar surface area (TPSA) is 34.1 Å². The molecular formula is C18H24N2O. The van der Waals surface area contributed by atoms with E-state index in [2.05, 4.69) is 47.6 Å². The highest BCUT2D eigenvalue weighted by Gasteiger charge is 2.08. The highest BCUT2D eigenvalue weighted by Crippen LogP contribution is 2.23. The summed E-state index contributed by atoms with van der Waals surface area (Å²) in [6.45, 7) is 5.87. The van der Waals surface area contributed by atoms with Gasteiger partial charge in [-0.15, -0.1) is 0 Å². The zero-order valence-electron chi connectivity index (χ0n) is 13.1. The molecule has 0 aliphatic heterocycles. The molecule has 0 spiro atoms. The Bertz CT molecular complexity index is 567. The van der Waals surface area contributed by atoms with Gasteiger partial charge in [-0.25, -0.2) is 0 Å². The summed E-state index contributed by atoms with van der Waals surface area (Å²) in [5.74, 6) is 0.950. The van der Waals surface area contributed by atoms with E-state index in [1.165, 1.54) is 5.56 Å². The number of rotatable bonds is 7.